The molecule has 0 N–H and O–H groups in total. The summed E-state index contributed by atoms with van der Waals surface area (Å²) in [5, 5.41) is 4.38. The third kappa shape index (κ3) is 3.38. The fourth-order valence-electron chi connectivity index (χ4n) is 2.79. The van der Waals surface area contributed by atoms with Crippen LogP contribution in [0.25, 0.3) is 0 Å². The molecule has 0 saturated carbocycles. The van der Waals surface area contributed by atoms with E-state index in [4.69, 9.17) is 4.74 Å². The maximum absolute atomic E-state index is 12.7. The number of hydrogen-bond donors (Lipinski definition) is 0. The van der Waals surface area contributed by atoms with Crippen molar-refractivity contribution < 1.29 is 9.53 Å². The minimum absolute atomic E-state index is 0.0593. The Labute approximate surface area is 137 Å². The van der Waals surface area contributed by atoms with Crippen LogP contribution in [0.15, 0.2) is 24.3 Å². The lowest BCUT2D eigenvalue weighted by molar-refractivity contribution is -0.131. The van der Waals surface area contributed by atoms with Crippen molar-refractivity contribution in [2.75, 3.05) is 14.2 Å². The molecule has 1 aromatic carbocycles. The Kier molecular flexibility index (Phi) is 5.08. The number of methoxy groups -OCH3 is 1. The molecule has 1 unspecified atom stereocenters. The standard InChI is InChI=1S/C18H25N3O2/c1-12-16(14(3)21(5)19-12)11-18(22)20(4)13(2)15-9-7-8-10-17(15)23-6/h7-10,13H,11H2,1-6H3. The number of carbonyl (C=O) groups is 1. The first-order chi connectivity index (χ1) is 10.9. The SMILES string of the molecule is COc1ccccc1C(C)N(C)C(=O)Cc1c(C)nn(C)c1C. The largest absolute Gasteiger partial charge is 0.496 e. The predicted octanol–water partition coefficient (Wildman–Crippen LogP) is 2.81. The summed E-state index contributed by atoms with van der Waals surface area (Å²) in [5.41, 5.74) is 3.97. The summed E-state index contributed by atoms with van der Waals surface area (Å²) < 4.78 is 7.23. The molecule has 5 heteroatoms. The fraction of sp³-hybridized carbons (Fsp3) is 0.444. The molecule has 5 nitrogen and oxygen atoms in total. The van der Waals surface area contributed by atoms with Crippen LogP contribution in [0.1, 0.15) is 35.5 Å². The second-order valence-corrected chi connectivity index (χ2v) is 5.87. The molecule has 0 aliphatic heterocycles. The molecule has 0 aliphatic carbocycles. The first-order valence-corrected chi connectivity index (χ1v) is 7.74. The lowest BCUT2D eigenvalue weighted by atomic mass is 10.0. The van der Waals surface area contributed by atoms with Crippen molar-refractivity contribution in [3.8, 4) is 5.75 Å². The van der Waals surface area contributed by atoms with E-state index in [1.165, 1.54) is 0 Å². The monoisotopic (exact) mass is 315 g/mol. The van der Waals surface area contributed by atoms with Gasteiger partial charge in [0.15, 0.2) is 0 Å². The third-order valence-corrected chi connectivity index (χ3v) is 4.55. The third-order valence-electron chi connectivity index (χ3n) is 4.55. The number of carbonyl (C=O) groups excluding carboxylic acids is 1. The maximum Gasteiger partial charge on any atom is 0.227 e. The smallest absolute Gasteiger partial charge is 0.227 e. The zero-order valence-electron chi connectivity index (χ0n) is 14.8. The molecule has 0 aliphatic rings. The number of nitrogens with zero attached hydrogens (tertiary/aromatic N) is 3. The van der Waals surface area contributed by atoms with Gasteiger partial charge in [-0.15, -0.1) is 0 Å². The van der Waals surface area contributed by atoms with Gasteiger partial charge < -0.3 is 9.64 Å². The number of aromatic nitrogens is 2. The van der Waals surface area contributed by atoms with Crippen LogP contribution >= 0.6 is 0 Å². The Balaban J connectivity index is 2.19. The van der Waals surface area contributed by atoms with E-state index < -0.39 is 0 Å². The summed E-state index contributed by atoms with van der Waals surface area (Å²) in [6, 6.07) is 7.74. The number of hydrogen-bond acceptors (Lipinski definition) is 3. The van der Waals surface area contributed by atoms with Crippen LogP contribution in [0.4, 0.5) is 0 Å². The number of benzene rings is 1. The van der Waals surface area contributed by atoms with E-state index >= 15 is 0 Å². The Morgan fingerprint density at radius 1 is 1.35 bits per heavy atom. The lowest BCUT2D eigenvalue weighted by Gasteiger charge is -2.26. The summed E-state index contributed by atoms with van der Waals surface area (Å²) in [6.45, 7) is 5.95. The van der Waals surface area contributed by atoms with E-state index in [2.05, 4.69) is 5.10 Å². The Bertz CT molecular complexity index is 706. The first kappa shape index (κ1) is 17.1. The van der Waals surface area contributed by atoms with Gasteiger partial charge in [-0.1, -0.05) is 18.2 Å². The minimum Gasteiger partial charge on any atom is -0.496 e. The van der Waals surface area contributed by atoms with Crippen LogP contribution in [-0.2, 0) is 18.3 Å². The molecule has 1 amide bonds. The average molecular weight is 315 g/mol. The van der Waals surface area contributed by atoms with E-state index in [1.54, 1.807) is 12.0 Å². The molecule has 2 aromatic rings. The number of ether oxygens (including phenoxy) is 1. The second-order valence-electron chi connectivity index (χ2n) is 5.87. The van der Waals surface area contributed by atoms with Crippen molar-refractivity contribution in [2.24, 2.45) is 7.05 Å². The first-order valence-electron chi connectivity index (χ1n) is 7.74. The lowest BCUT2D eigenvalue weighted by Crippen LogP contribution is -2.31. The van der Waals surface area contributed by atoms with E-state index in [9.17, 15) is 4.79 Å². The molecule has 1 heterocycles. The van der Waals surface area contributed by atoms with Crippen molar-refractivity contribution in [2.45, 2.75) is 33.2 Å². The van der Waals surface area contributed by atoms with Gasteiger partial charge in [0.25, 0.3) is 0 Å². The molecule has 0 fully saturated rings. The van der Waals surface area contributed by atoms with E-state index in [0.717, 1.165) is 28.3 Å². The summed E-state index contributed by atoms with van der Waals surface area (Å²) in [7, 11) is 5.38. The highest BCUT2D eigenvalue weighted by Gasteiger charge is 2.22. The summed E-state index contributed by atoms with van der Waals surface area (Å²) in [5.74, 6) is 0.871. The number of aryl methyl sites for hydroxylation is 2. The van der Waals surface area contributed by atoms with Crippen molar-refractivity contribution in [3.63, 3.8) is 0 Å². The van der Waals surface area contributed by atoms with Crippen molar-refractivity contribution >= 4 is 5.91 Å². The molecule has 1 aromatic heterocycles. The number of para-hydroxylation sites is 1. The average Bonchev–Trinajstić information content (AvgIpc) is 2.79. The van der Waals surface area contributed by atoms with Gasteiger partial charge in [0.2, 0.25) is 5.91 Å². The molecule has 124 valence electrons. The molecular weight excluding hydrogens is 290 g/mol. The maximum atomic E-state index is 12.7. The van der Waals surface area contributed by atoms with E-state index in [0.29, 0.717) is 6.42 Å². The van der Waals surface area contributed by atoms with Gasteiger partial charge in [-0.3, -0.25) is 9.48 Å². The highest BCUT2D eigenvalue weighted by atomic mass is 16.5. The number of rotatable bonds is 5. The molecule has 23 heavy (non-hydrogen) atoms. The summed E-state index contributed by atoms with van der Waals surface area (Å²) in [4.78, 5) is 14.5. The highest BCUT2D eigenvalue weighted by Crippen LogP contribution is 2.28. The highest BCUT2D eigenvalue weighted by molar-refractivity contribution is 5.79. The van der Waals surface area contributed by atoms with Gasteiger partial charge in [0, 0.05) is 30.9 Å². The molecule has 0 bridgehead atoms. The van der Waals surface area contributed by atoms with Crippen LogP contribution in [0, 0.1) is 13.8 Å². The van der Waals surface area contributed by atoms with E-state index in [1.807, 2.05) is 63.8 Å². The Morgan fingerprint density at radius 2 is 2.00 bits per heavy atom. The zero-order chi connectivity index (χ0) is 17.1. The minimum atomic E-state index is -0.0593. The normalized spacial score (nSPS) is 12.1. The molecule has 0 saturated heterocycles. The van der Waals surface area contributed by atoms with Crippen molar-refractivity contribution in [1.29, 1.82) is 0 Å². The predicted molar refractivity (Wildman–Crippen MR) is 90.6 cm³/mol. The number of amides is 1. The van der Waals surface area contributed by atoms with E-state index in [-0.39, 0.29) is 11.9 Å². The van der Waals surface area contributed by atoms with Crippen LogP contribution in [0.3, 0.4) is 0 Å². The van der Waals surface area contributed by atoms with Crippen LogP contribution in [-0.4, -0.2) is 34.7 Å². The van der Waals surface area contributed by atoms with Crippen LogP contribution in [0.5, 0.6) is 5.75 Å². The Morgan fingerprint density at radius 3 is 2.57 bits per heavy atom. The number of likely N-dealkylation sites (N-methyl/N-ethyl adjacent to an activating group) is 1. The van der Waals surface area contributed by atoms with Gasteiger partial charge in [0.05, 0.1) is 25.3 Å². The van der Waals surface area contributed by atoms with Gasteiger partial charge in [-0.25, -0.2) is 0 Å². The van der Waals surface area contributed by atoms with Crippen molar-refractivity contribution in [1.82, 2.24) is 14.7 Å². The fourth-order valence-corrected chi connectivity index (χ4v) is 2.79. The molecule has 0 spiro atoms. The zero-order valence-corrected chi connectivity index (χ0v) is 14.8. The van der Waals surface area contributed by atoms with Crippen molar-refractivity contribution in [3.05, 3.63) is 46.8 Å². The molecular formula is C18H25N3O2. The second kappa shape index (κ2) is 6.86. The molecule has 1 atom stereocenters. The van der Waals surface area contributed by atoms with Crippen LogP contribution in [0.2, 0.25) is 0 Å². The summed E-state index contributed by atoms with van der Waals surface area (Å²) >= 11 is 0. The van der Waals surface area contributed by atoms with Gasteiger partial charge >= 0.3 is 0 Å². The molecule has 2 rings (SSSR count). The van der Waals surface area contributed by atoms with Gasteiger partial charge in [-0.2, -0.15) is 5.10 Å². The topological polar surface area (TPSA) is 47.4 Å². The van der Waals surface area contributed by atoms with Gasteiger partial charge in [0.1, 0.15) is 5.75 Å². The van der Waals surface area contributed by atoms with Crippen LogP contribution < -0.4 is 4.74 Å². The quantitative estimate of drug-likeness (QED) is 0.852. The summed E-state index contributed by atoms with van der Waals surface area (Å²) in [6.07, 6.45) is 0.363. The Hall–Kier alpha value is -2.30. The molecule has 0 radical (unpaired) electrons. The van der Waals surface area contributed by atoms with Gasteiger partial charge in [-0.05, 0) is 26.8 Å².